The summed E-state index contributed by atoms with van der Waals surface area (Å²) in [5.74, 6) is -3.97. The summed E-state index contributed by atoms with van der Waals surface area (Å²) in [7, 11) is 0. The predicted molar refractivity (Wildman–Crippen MR) is 113 cm³/mol. The average molecular weight is 465 g/mol. The van der Waals surface area contributed by atoms with Crippen LogP contribution in [0.1, 0.15) is 17.2 Å². The molecule has 1 unspecified atom stereocenters. The van der Waals surface area contributed by atoms with Gasteiger partial charge in [-0.25, -0.2) is 14.6 Å². The van der Waals surface area contributed by atoms with Crippen LogP contribution in [-0.4, -0.2) is 37.7 Å². The minimum Gasteiger partial charge on any atom is -0.473 e. The maximum atomic E-state index is 12.4. The zero-order valence-corrected chi connectivity index (χ0v) is 17.5. The molecule has 1 atom stereocenters. The van der Waals surface area contributed by atoms with Gasteiger partial charge in [-0.1, -0.05) is 47.5 Å². The van der Waals surface area contributed by atoms with E-state index in [0.29, 0.717) is 16.6 Å². The lowest BCUT2D eigenvalue weighted by molar-refractivity contribution is -0.159. The zero-order chi connectivity index (χ0) is 22.8. The number of hydrogen-bond acceptors (Lipinski definition) is 5. The van der Waals surface area contributed by atoms with E-state index in [1.807, 2.05) is 35.0 Å². The van der Waals surface area contributed by atoms with Crippen molar-refractivity contribution in [3.63, 3.8) is 0 Å². The van der Waals surface area contributed by atoms with E-state index in [9.17, 15) is 4.79 Å². The molecule has 31 heavy (non-hydrogen) atoms. The van der Waals surface area contributed by atoms with Crippen LogP contribution in [0.4, 0.5) is 0 Å². The van der Waals surface area contributed by atoms with Gasteiger partial charge in [0.15, 0.2) is 0 Å². The van der Waals surface area contributed by atoms with E-state index < -0.39 is 18.0 Å². The molecular formula is C21H18Cl2N2O6. The van der Waals surface area contributed by atoms with E-state index in [1.54, 1.807) is 36.8 Å². The topological polar surface area (TPSA) is 119 Å². The first kappa shape index (κ1) is 23.9. The lowest BCUT2D eigenvalue weighted by atomic mass is 10.1. The van der Waals surface area contributed by atoms with E-state index in [4.69, 9.17) is 47.7 Å². The molecule has 0 aliphatic rings. The van der Waals surface area contributed by atoms with Crippen molar-refractivity contribution in [3.8, 4) is 0 Å². The maximum Gasteiger partial charge on any atom is 0.414 e. The minimum absolute atomic E-state index is 0.161. The van der Waals surface area contributed by atoms with Gasteiger partial charge >= 0.3 is 17.9 Å². The Kier molecular flexibility index (Phi) is 9.05. The summed E-state index contributed by atoms with van der Waals surface area (Å²) < 4.78 is 7.59. The maximum absolute atomic E-state index is 12.4. The second kappa shape index (κ2) is 11.7. The molecule has 0 fully saturated rings. The molecule has 0 spiro atoms. The summed E-state index contributed by atoms with van der Waals surface area (Å²) in [6.07, 6.45) is 4.93. The number of rotatable bonds is 6. The summed E-state index contributed by atoms with van der Waals surface area (Å²) in [5.41, 5.74) is 1.69. The van der Waals surface area contributed by atoms with Crippen molar-refractivity contribution >= 4 is 41.1 Å². The molecule has 10 heteroatoms. The number of aliphatic carboxylic acids is 2. The molecular weight excluding hydrogens is 447 g/mol. The zero-order valence-electron chi connectivity index (χ0n) is 16.0. The lowest BCUT2D eigenvalue weighted by Gasteiger charge is -2.19. The van der Waals surface area contributed by atoms with Crippen molar-refractivity contribution in [1.29, 1.82) is 0 Å². The third-order valence-electron chi connectivity index (χ3n) is 3.87. The largest absolute Gasteiger partial charge is 0.473 e. The molecule has 1 heterocycles. The molecule has 162 valence electrons. The molecule has 0 aliphatic carbocycles. The Labute approximate surface area is 187 Å². The van der Waals surface area contributed by atoms with Crippen LogP contribution in [0, 0.1) is 0 Å². The number of carboxylic acids is 2. The van der Waals surface area contributed by atoms with Crippen LogP contribution >= 0.6 is 23.2 Å². The molecule has 3 rings (SSSR count). The fraction of sp³-hybridized carbons (Fsp3) is 0.143. The SMILES string of the molecule is O=C(Cc1cccc(Cl)c1)OC(Cn1ccnc1)c1ccc(Cl)cc1.O=C(O)C(=O)O. The van der Waals surface area contributed by atoms with Crippen LogP contribution in [0.15, 0.2) is 67.3 Å². The van der Waals surface area contributed by atoms with E-state index in [0.717, 1.165) is 11.1 Å². The van der Waals surface area contributed by atoms with Crippen molar-refractivity contribution < 1.29 is 29.3 Å². The Bertz CT molecular complexity index is 1010. The molecule has 0 saturated heterocycles. The van der Waals surface area contributed by atoms with E-state index in [2.05, 4.69) is 4.98 Å². The number of carboxylic acid groups (broad SMARTS) is 2. The van der Waals surface area contributed by atoms with Gasteiger partial charge in [-0.05, 0) is 35.4 Å². The summed E-state index contributed by atoms with van der Waals surface area (Å²) >= 11 is 11.9. The van der Waals surface area contributed by atoms with Gasteiger partial charge in [0.1, 0.15) is 6.10 Å². The number of aromatic nitrogens is 2. The van der Waals surface area contributed by atoms with Gasteiger partial charge in [0.05, 0.1) is 19.3 Å². The van der Waals surface area contributed by atoms with Crippen molar-refractivity contribution in [2.45, 2.75) is 19.1 Å². The van der Waals surface area contributed by atoms with Crippen molar-refractivity contribution in [1.82, 2.24) is 9.55 Å². The first-order chi connectivity index (χ1) is 14.7. The lowest BCUT2D eigenvalue weighted by Crippen LogP contribution is -2.18. The van der Waals surface area contributed by atoms with E-state index in [-0.39, 0.29) is 12.4 Å². The number of benzene rings is 2. The Morgan fingerprint density at radius 3 is 2.23 bits per heavy atom. The highest BCUT2D eigenvalue weighted by Gasteiger charge is 2.18. The number of ether oxygens (including phenoxy) is 1. The molecule has 0 saturated carbocycles. The molecule has 0 radical (unpaired) electrons. The number of halogens is 2. The number of carbonyl (C=O) groups is 3. The first-order valence-electron chi connectivity index (χ1n) is 8.86. The average Bonchev–Trinajstić information content (AvgIpc) is 3.21. The number of nitrogens with zero attached hydrogens (tertiary/aromatic N) is 2. The third-order valence-corrected chi connectivity index (χ3v) is 4.36. The van der Waals surface area contributed by atoms with Crippen LogP contribution in [0.2, 0.25) is 10.0 Å². The fourth-order valence-electron chi connectivity index (χ4n) is 2.49. The summed E-state index contributed by atoms with van der Waals surface area (Å²) in [6.45, 7) is 0.475. The molecule has 2 N–H and O–H groups in total. The molecule has 3 aromatic rings. The minimum atomic E-state index is -1.82. The molecule has 2 aromatic carbocycles. The van der Waals surface area contributed by atoms with Crippen LogP contribution in [0.25, 0.3) is 0 Å². The predicted octanol–water partition coefficient (Wildman–Crippen LogP) is 3.87. The fourth-order valence-corrected chi connectivity index (χ4v) is 2.83. The third kappa shape index (κ3) is 8.49. The first-order valence-corrected chi connectivity index (χ1v) is 9.61. The molecule has 0 amide bonds. The highest BCUT2D eigenvalue weighted by atomic mass is 35.5. The van der Waals surface area contributed by atoms with Gasteiger partial charge in [0, 0.05) is 22.4 Å². The normalized spacial score (nSPS) is 11.0. The van der Waals surface area contributed by atoms with Crippen molar-refractivity contribution in [3.05, 3.63) is 88.4 Å². The number of imidazole rings is 1. The number of hydrogen-bond donors (Lipinski definition) is 2. The second-order valence-corrected chi connectivity index (χ2v) is 7.08. The van der Waals surface area contributed by atoms with Gasteiger partial charge < -0.3 is 19.5 Å². The monoisotopic (exact) mass is 464 g/mol. The van der Waals surface area contributed by atoms with Crippen molar-refractivity contribution in [2.75, 3.05) is 0 Å². The smallest absolute Gasteiger partial charge is 0.414 e. The van der Waals surface area contributed by atoms with Gasteiger partial charge in [-0.2, -0.15) is 0 Å². The van der Waals surface area contributed by atoms with Crippen molar-refractivity contribution in [2.24, 2.45) is 0 Å². The van der Waals surface area contributed by atoms with E-state index >= 15 is 0 Å². The summed E-state index contributed by atoms with van der Waals surface area (Å²) in [6, 6.07) is 14.5. The molecule has 8 nitrogen and oxygen atoms in total. The Hall–Kier alpha value is -3.36. The summed E-state index contributed by atoms with van der Waals surface area (Å²) in [5, 5.41) is 16.0. The number of esters is 1. The molecule has 0 aliphatic heterocycles. The van der Waals surface area contributed by atoms with Crippen LogP contribution in [-0.2, 0) is 32.1 Å². The Balaban J connectivity index is 0.000000501. The van der Waals surface area contributed by atoms with Gasteiger partial charge in [-0.3, -0.25) is 4.79 Å². The van der Waals surface area contributed by atoms with Gasteiger partial charge in [-0.15, -0.1) is 0 Å². The quantitative estimate of drug-likeness (QED) is 0.419. The van der Waals surface area contributed by atoms with Crippen LogP contribution in [0.5, 0.6) is 0 Å². The Morgan fingerprint density at radius 1 is 1.00 bits per heavy atom. The number of carbonyl (C=O) groups excluding carboxylic acids is 1. The summed E-state index contributed by atoms with van der Waals surface area (Å²) in [4.78, 5) is 34.6. The van der Waals surface area contributed by atoms with Gasteiger partial charge in [0.2, 0.25) is 0 Å². The standard InChI is InChI=1S/C19H16Cl2N2O2.C2H2O4/c20-16-6-4-15(5-7-16)18(12-23-9-8-22-13-23)25-19(24)11-14-2-1-3-17(21)10-14;3-1(4)2(5)6/h1-10,13,18H,11-12H2;(H,3,4)(H,5,6). The second-order valence-electron chi connectivity index (χ2n) is 6.21. The highest BCUT2D eigenvalue weighted by Crippen LogP contribution is 2.23. The van der Waals surface area contributed by atoms with E-state index in [1.165, 1.54) is 0 Å². The van der Waals surface area contributed by atoms with Crippen LogP contribution in [0.3, 0.4) is 0 Å². The Morgan fingerprint density at radius 2 is 1.68 bits per heavy atom. The molecule has 0 bridgehead atoms. The van der Waals surface area contributed by atoms with Gasteiger partial charge in [0.25, 0.3) is 0 Å². The highest BCUT2D eigenvalue weighted by molar-refractivity contribution is 6.30. The van der Waals surface area contributed by atoms with Crippen LogP contribution < -0.4 is 0 Å². The molecule has 1 aromatic heterocycles.